The molecular formula is C13H18N2. The fourth-order valence-electron chi connectivity index (χ4n) is 1.58. The van der Waals surface area contributed by atoms with Gasteiger partial charge in [-0.25, -0.2) is 0 Å². The lowest BCUT2D eigenvalue weighted by atomic mass is 9.99. The Kier molecular flexibility index (Phi) is 4.10. The molecule has 0 spiro atoms. The Morgan fingerprint density at radius 2 is 2.33 bits per heavy atom. The number of hydrogen-bond acceptors (Lipinski definition) is 2. The van der Waals surface area contributed by atoms with Crippen LogP contribution >= 0.6 is 0 Å². The molecule has 1 N–H and O–H groups in total. The molecule has 0 saturated heterocycles. The van der Waals surface area contributed by atoms with Gasteiger partial charge in [0, 0.05) is 6.20 Å². The maximum Gasteiger partial charge on any atom is 0.0978 e. The molecule has 0 aromatic rings. The van der Waals surface area contributed by atoms with Crippen molar-refractivity contribution in [2.24, 2.45) is 4.99 Å². The van der Waals surface area contributed by atoms with E-state index in [4.69, 9.17) is 0 Å². The van der Waals surface area contributed by atoms with Gasteiger partial charge in [-0.3, -0.25) is 4.99 Å². The Morgan fingerprint density at radius 1 is 1.60 bits per heavy atom. The number of nitrogens with one attached hydrogen (secondary N) is 1. The molecule has 2 nitrogen and oxygen atoms in total. The summed E-state index contributed by atoms with van der Waals surface area (Å²) >= 11 is 0. The van der Waals surface area contributed by atoms with E-state index in [1.165, 1.54) is 5.57 Å². The lowest BCUT2D eigenvalue weighted by molar-refractivity contribution is 0.834. The number of amidine groups is 1. The van der Waals surface area contributed by atoms with Crippen molar-refractivity contribution in [2.45, 2.75) is 26.8 Å². The Bertz CT molecular complexity index is 357. The molecule has 80 valence electrons. The average molecular weight is 202 g/mol. The SMILES string of the molecule is C=C/C=C(\C=C/C)C1=CNC(C)=NC1C. The van der Waals surface area contributed by atoms with Gasteiger partial charge < -0.3 is 5.32 Å². The Hall–Kier alpha value is -1.57. The molecule has 1 rings (SSSR count). The third-order valence-electron chi connectivity index (χ3n) is 2.25. The van der Waals surface area contributed by atoms with Crippen molar-refractivity contribution in [3.63, 3.8) is 0 Å². The van der Waals surface area contributed by atoms with Crippen LogP contribution in [0.15, 0.2) is 53.2 Å². The van der Waals surface area contributed by atoms with Crippen LogP contribution in [0.5, 0.6) is 0 Å². The number of rotatable bonds is 3. The van der Waals surface area contributed by atoms with Crippen LogP contribution in [-0.4, -0.2) is 11.9 Å². The van der Waals surface area contributed by atoms with Crippen LogP contribution in [0.3, 0.4) is 0 Å². The molecule has 0 aromatic heterocycles. The van der Waals surface area contributed by atoms with Crippen LogP contribution in [0.2, 0.25) is 0 Å². The third kappa shape index (κ3) is 2.94. The second-order valence-corrected chi connectivity index (χ2v) is 3.49. The second-order valence-electron chi connectivity index (χ2n) is 3.49. The summed E-state index contributed by atoms with van der Waals surface area (Å²) in [6, 6.07) is 0.202. The van der Waals surface area contributed by atoms with Crippen LogP contribution in [0.4, 0.5) is 0 Å². The summed E-state index contributed by atoms with van der Waals surface area (Å²) in [6.45, 7) is 9.79. The van der Waals surface area contributed by atoms with Gasteiger partial charge in [-0.05, 0) is 31.9 Å². The normalized spacial score (nSPS) is 22.1. The fraction of sp³-hybridized carbons (Fsp3) is 0.308. The molecule has 0 aromatic carbocycles. The summed E-state index contributed by atoms with van der Waals surface area (Å²) in [6.07, 6.45) is 9.91. The molecular weight excluding hydrogens is 184 g/mol. The summed E-state index contributed by atoms with van der Waals surface area (Å²) in [7, 11) is 0. The van der Waals surface area contributed by atoms with E-state index in [1.807, 2.05) is 32.2 Å². The van der Waals surface area contributed by atoms with Crippen LogP contribution in [-0.2, 0) is 0 Å². The summed E-state index contributed by atoms with van der Waals surface area (Å²) in [5.74, 6) is 0.963. The number of hydrogen-bond donors (Lipinski definition) is 1. The maximum absolute atomic E-state index is 4.48. The van der Waals surface area contributed by atoms with Crippen molar-refractivity contribution in [1.82, 2.24) is 5.32 Å². The van der Waals surface area contributed by atoms with E-state index in [0.29, 0.717) is 0 Å². The van der Waals surface area contributed by atoms with Gasteiger partial charge in [-0.1, -0.05) is 30.9 Å². The smallest absolute Gasteiger partial charge is 0.0978 e. The quantitative estimate of drug-likeness (QED) is 0.699. The van der Waals surface area contributed by atoms with Gasteiger partial charge in [0.15, 0.2) is 0 Å². The minimum absolute atomic E-state index is 0.202. The summed E-state index contributed by atoms with van der Waals surface area (Å²) in [5, 5.41) is 3.14. The summed E-state index contributed by atoms with van der Waals surface area (Å²) < 4.78 is 0. The van der Waals surface area contributed by atoms with Gasteiger partial charge in [-0.2, -0.15) is 0 Å². The highest BCUT2D eigenvalue weighted by Crippen LogP contribution is 2.20. The van der Waals surface area contributed by atoms with E-state index in [9.17, 15) is 0 Å². The first-order valence-corrected chi connectivity index (χ1v) is 5.15. The van der Waals surface area contributed by atoms with Crippen LogP contribution in [0.1, 0.15) is 20.8 Å². The molecule has 0 radical (unpaired) electrons. The van der Waals surface area contributed by atoms with Crippen LogP contribution < -0.4 is 5.32 Å². The topological polar surface area (TPSA) is 24.4 Å². The number of nitrogens with zero attached hydrogens (tertiary/aromatic N) is 1. The standard InChI is InChI=1S/C13H18N2/c1-5-7-12(8-6-2)13-9-14-11(4)15-10(13)3/h5-10H,1H2,2-4H3,(H,14,15)/b8-6-,12-7+. The van der Waals surface area contributed by atoms with E-state index >= 15 is 0 Å². The van der Waals surface area contributed by atoms with E-state index in [2.05, 4.69) is 29.9 Å². The zero-order chi connectivity index (χ0) is 11.3. The minimum Gasteiger partial charge on any atom is -0.350 e. The van der Waals surface area contributed by atoms with Crippen molar-refractivity contribution >= 4 is 5.84 Å². The second kappa shape index (κ2) is 5.35. The minimum atomic E-state index is 0.202. The van der Waals surface area contributed by atoms with Crippen molar-refractivity contribution in [3.05, 3.63) is 48.2 Å². The highest BCUT2D eigenvalue weighted by molar-refractivity contribution is 5.82. The number of aliphatic imine (C=N–C) groups is 1. The average Bonchev–Trinajstić information content (AvgIpc) is 2.17. The Labute approximate surface area is 91.8 Å². The highest BCUT2D eigenvalue weighted by Gasteiger charge is 2.13. The van der Waals surface area contributed by atoms with Crippen molar-refractivity contribution in [3.8, 4) is 0 Å². The van der Waals surface area contributed by atoms with Gasteiger partial charge in [0.25, 0.3) is 0 Å². The number of allylic oxidation sites excluding steroid dienone is 4. The summed E-state index contributed by atoms with van der Waals surface area (Å²) in [5.41, 5.74) is 2.35. The molecule has 1 unspecified atom stereocenters. The molecule has 0 fully saturated rings. The highest BCUT2D eigenvalue weighted by atomic mass is 15.0. The fourth-order valence-corrected chi connectivity index (χ4v) is 1.58. The third-order valence-corrected chi connectivity index (χ3v) is 2.25. The van der Waals surface area contributed by atoms with Gasteiger partial charge in [0.1, 0.15) is 0 Å². The predicted octanol–water partition coefficient (Wildman–Crippen LogP) is 2.97. The molecule has 1 aliphatic rings. The van der Waals surface area contributed by atoms with Crippen molar-refractivity contribution < 1.29 is 0 Å². The predicted molar refractivity (Wildman–Crippen MR) is 66.9 cm³/mol. The molecule has 0 bridgehead atoms. The first-order valence-electron chi connectivity index (χ1n) is 5.15. The zero-order valence-corrected chi connectivity index (χ0v) is 9.62. The summed E-state index contributed by atoms with van der Waals surface area (Å²) in [4.78, 5) is 4.48. The van der Waals surface area contributed by atoms with E-state index in [0.717, 1.165) is 11.4 Å². The van der Waals surface area contributed by atoms with Crippen LogP contribution in [0.25, 0.3) is 0 Å². The van der Waals surface area contributed by atoms with E-state index < -0.39 is 0 Å². The molecule has 1 heterocycles. The zero-order valence-electron chi connectivity index (χ0n) is 9.62. The van der Waals surface area contributed by atoms with Gasteiger partial charge in [-0.15, -0.1) is 0 Å². The molecule has 0 saturated carbocycles. The largest absolute Gasteiger partial charge is 0.350 e. The van der Waals surface area contributed by atoms with E-state index in [-0.39, 0.29) is 6.04 Å². The van der Waals surface area contributed by atoms with Crippen molar-refractivity contribution in [1.29, 1.82) is 0 Å². The molecule has 2 heteroatoms. The first-order chi connectivity index (χ1) is 7.19. The monoisotopic (exact) mass is 202 g/mol. The molecule has 1 aliphatic heterocycles. The Balaban J connectivity index is 2.96. The lowest BCUT2D eigenvalue weighted by Crippen LogP contribution is -2.24. The Morgan fingerprint density at radius 3 is 2.87 bits per heavy atom. The van der Waals surface area contributed by atoms with Gasteiger partial charge >= 0.3 is 0 Å². The molecule has 15 heavy (non-hydrogen) atoms. The molecule has 0 aliphatic carbocycles. The lowest BCUT2D eigenvalue weighted by Gasteiger charge is -2.19. The van der Waals surface area contributed by atoms with E-state index in [1.54, 1.807) is 6.08 Å². The molecule has 1 atom stereocenters. The van der Waals surface area contributed by atoms with Crippen molar-refractivity contribution in [2.75, 3.05) is 0 Å². The van der Waals surface area contributed by atoms with Gasteiger partial charge in [0.2, 0.25) is 0 Å². The van der Waals surface area contributed by atoms with Gasteiger partial charge in [0.05, 0.1) is 11.9 Å². The first kappa shape index (κ1) is 11.5. The molecule has 0 amide bonds. The van der Waals surface area contributed by atoms with Crippen LogP contribution in [0, 0.1) is 0 Å². The maximum atomic E-state index is 4.48.